The molecule has 2 aliphatic heterocycles. The topological polar surface area (TPSA) is 279 Å². The Hall–Kier alpha value is -5.63. The summed E-state index contributed by atoms with van der Waals surface area (Å²) in [5, 5.41) is 13.0. The average Bonchev–Trinajstić information content (AvgIpc) is 1.55. The van der Waals surface area contributed by atoms with Crippen molar-refractivity contribution in [3.8, 4) is 5.75 Å². The van der Waals surface area contributed by atoms with Crippen LogP contribution in [0.25, 0.3) is 0 Å². The van der Waals surface area contributed by atoms with Gasteiger partial charge in [-0.3, -0.25) is 58.2 Å². The van der Waals surface area contributed by atoms with E-state index in [4.69, 9.17) is 33.8 Å². The Labute approximate surface area is 525 Å². The highest BCUT2D eigenvalue weighted by atomic mass is 32.2. The van der Waals surface area contributed by atoms with Gasteiger partial charge in [-0.05, 0) is 158 Å². The van der Waals surface area contributed by atoms with Crippen molar-refractivity contribution in [2.75, 3.05) is 119 Å². The first-order valence-corrected chi connectivity index (χ1v) is 32.8. The first kappa shape index (κ1) is 76.6. The van der Waals surface area contributed by atoms with Crippen LogP contribution in [0, 0.1) is 26.7 Å². The number of esters is 3. The molecule has 2 heterocycles. The van der Waals surface area contributed by atoms with Crippen LogP contribution >= 0.6 is 0 Å². The third-order valence-corrected chi connectivity index (χ3v) is 16.8. The number of carbonyl (C=O) groups is 7. The van der Waals surface area contributed by atoms with Crippen LogP contribution in [-0.2, 0) is 64.2 Å². The quantitative estimate of drug-likeness (QED) is 0.0278. The summed E-state index contributed by atoms with van der Waals surface area (Å²) in [6.45, 7) is 29.1. The third kappa shape index (κ3) is 28.5. The molecule has 2 fully saturated rings. The van der Waals surface area contributed by atoms with E-state index in [0.29, 0.717) is 115 Å². The lowest BCUT2D eigenvalue weighted by molar-refractivity contribution is -0.158. The maximum atomic E-state index is 14.5. The van der Waals surface area contributed by atoms with Gasteiger partial charge in [-0.25, -0.2) is 13.1 Å². The van der Waals surface area contributed by atoms with Crippen LogP contribution in [0.4, 0.5) is 0 Å². The van der Waals surface area contributed by atoms with Crippen molar-refractivity contribution >= 4 is 58.1 Å². The van der Waals surface area contributed by atoms with Gasteiger partial charge in [-0.1, -0.05) is 19.3 Å². The zero-order valence-electron chi connectivity index (χ0n) is 56.4. The molecule has 0 bridgehead atoms. The molecule has 1 atom stereocenters. The SMILES string of the molecule is Cc1c(C)c(S(=O)(=O)NC(=NCCC[C@H](NC(=O)CN2CCN(CC(=O)OC(C)(C)C)CCN(CC(=O)OC(C)(C)C)CCN(CC(=O)OC(C)(C)C)CC2)C(=O)N(C)CCCCC(=O)NCC2CCCCC2)N(C)C)c(C)c2c1OC(C)(C)C2.O=CO. The van der Waals surface area contributed by atoms with Crippen LogP contribution in [0.5, 0.6) is 5.75 Å². The Balaban J connectivity index is 0.00000661. The van der Waals surface area contributed by atoms with Gasteiger partial charge in [0, 0.05) is 112 Å². The second-order valence-corrected chi connectivity index (χ2v) is 29.1. The molecule has 24 nitrogen and oxygen atoms in total. The number of aliphatic imine (C=N–C) groups is 1. The normalized spacial score (nSPS) is 17.5. The number of likely N-dealkylation sites (N-methyl/N-ethyl adjacent to an activating group) is 1. The van der Waals surface area contributed by atoms with Gasteiger partial charge < -0.3 is 44.5 Å². The number of benzene rings is 1. The minimum absolute atomic E-state index is 0.00116. The third-order valence-electron chi connectivity index (χ3n) is 15.2. The molecule has 1 aliphatic carbocycles. The van der Waals surface area contributed by atoms with Crippen molar-refractivity contribution in [1.82, 2.24) is 44.8 Å². The highest BCUT2D eigenvalue weighted by Gasteiger charge is 2.37. The van der Waals surface area contributed by atoms with E-state index >= 15 is 0 Å². The molecule has 3 amide bonds. The highest BCUT2D eigenvalue weighted by molar-refractivity contribution is 7.90. The molecule has 25 heteroatoms. The number of guanidine groups is 1. The van der Waals surface area contributed by atoms with E-state index in [1.165, 1.54) is 19.3 Å². The van der Waals surface area contributed by atoms with Crippen LogP contribution in [-0.4, -0.2) is 239 Å². The lowest BCUT2D eigenvalue weighted by atomic mass is 9.89. The van der Waals surface area contributed by atoms with Gasteiger partial charge >= 0.3 is 17.9 Å². The number of fused-ring (bicyclic) bond motifs is 1. The number of sulfonamides is 1. The Morgan fingerprint density at radius 2 is 1.15 bits per heavy atom. The summed E-state index contributed by atoms with van der Waals surface area (Å²) in [4.78, 5) is 106. The number of nitrogens with one attached hydrogen (secondary N) is 3. The Morgan fingerprint density at radius 3 is 1.59 bits per heavy atom. The predicted molar refractivity (Wildman–Crippen MR) is 340 cm³/mol. The molecule has 4 N–H and O–H groups in total. The highest BCUT2D eigenvalue weighted by Crippen LogP contribution is 2.44. The molecule has 3 aliphatic rings. The van der Waals surface area contributed by atoms with Crippen molar-refractivity contribution < 1.29 is 66.0 Å². The molecular weight excluding hydrogens is 1150 g/mol. The molecule has 0 aromatic heterocycles. The average molecular weight is 1260 g/mol. The van der Waals surface area contributed by atoms with E-state index in [9.17, 15) is 37.2 Å². The van der Waals surface area contributed by atoms with Gasteiger partial charge in [-0.2, -0.15) is 0 Å². The molecule has 88 heavy (non-hydrogen) atoms. The van der Waals surface area contributed by atoms with Crippen molar-refractivity contribution in [2.45, 2.75) is 201 Å². The van der Waals surface area contributed by atoms with Crippen molar-refractivity contribution in [3.63, 3.8) is 0 Å². The minimum Gasteiger partial charge on any atom is -0.487 e. The Morgan fingerprint density at radius 1 is 0.693 bits per heavy atom. The zero-order valence-corrected chi connectivity index (χ0v) is 57.2. The molecule has 1 aromatic rings. The fourth-order valence-electron chi connectivity index (χ4n) is 10.9. The van der Waals surface area contributed by atoms with Gasteiger partial charge in [0.25, 0.3) is 16.5 Å². The molecule has 0 unspecified atom stereocenters. The fraction of sp³-hybridized carbons (Fsp3) is 0.778. The summed E-state index contributed by atoms with van der Waals surface area (Å²) in [7, 11) is 0.936. The Kier molecular flexibility index (Phi) is 30.6. The van der Waals surface area contributed by atoms with Crippen LogP contribution in [0.15, 0.2) is 9.89 Å². The molecule has 4 rings (SSSR count). The standard InChI is InChI=1S/C62H108N10O12S.CH2O2/c1-44-45(2)56(46(3)48-38-62(13,14)84-55(44)48)85(79,80)66-58(67(15)16)63-28-23-26-49(57(78)68(17)29-22-21-27-50(73)64-39-47-24-19-18-20-25-47)65-51(74)40-69-30-32-70(41-52(75)81-59(4,5)6)34-36-72(43-54(77)83-61(10,11)12)37-35-71(33-31-69)42-53(76)82-60(7,8)9;2-1-3/h47,49H,18-43H2,1-17H3,(H,63,66)(H,64,73)(H,65,74);1H,(H,2,3)/t49-;/m0./s1. The van der Waals surface area contributed by atoms with Crippen LogP contribution in [0.2, 0.25) is 0 Å². The van der Waals surface area contributed by atoms with Crippen molar-refractivity contribution in [2.24, 2.45) is 10.9 Å². The lowest BCUT2D eigenvalue weighted by Gasteiger charge is -2.34. The molecule has 1 aromatic carbocycles. The first-order valence-electron chi connectivity index (χ1n) is 31.3. The number of nitrogens with zero attached hydrogens (tertiary/aromatic N) is 7. The van der Waals surface area contributed by atoms with E-state index in [2.05, 4.69) is 15.4 Å². The largest absolute Gasteiger partial charge is 0.487 e. The summed E-state index contributed by atoms with van der Waals surface area (Å²) >= 11 is 0. The van der Waals surface area contributed by atoms with Crippen LogP contribution < -0.4 is 20.1 Å². The fourth-order valence-corrected chi connectivity index (χ4v) is 12.6. The number of carboxylic acid groups (broad SMARTS) is 1. The van der Waals surface area contributed by atoms with Gasteiger partial charge in [0.1, 0.15) is 34.2 Å². The minimum atomic E-state index is -4.14. The zero-order chi connectivity index (χ0) is 66.4. The summed E-state index contributed by atoms with van der Waals surface area (Å²) in [6.07, 6.45) is 8.42. The number of amides is 3. The van der Waals surface area contributed by atoms with Gasteiger partial charge in [-0.15, -0.1) is 0 Å². The molecular formula is C63H110N10O14S. The summed E-state index contributed by atoms with van der Waals surface area (Å²) in [5.41, 5.74) is 0.210. The maximum absolute atomic E-state index is 14.5. The number of ether oxygens (including phenoxy) is 4. The maximum Gasteiger partial charge on any atom is 0.320 e. The summed E-state index contributed by atoms with van der Waals surface area (Å²) < 4.78 is 54.8. The van der Waals surface area contributed by atoms with E-state index in [0.717, 1.165) is 29.7 Å². The van der Waals surface area contributed by atoms with E-state index in [-0.39, 0.29) is 68.3 Å². The smallest absolute Gasteiger partial charge is 0.320 e. The molecule has 1 saturated carbocycles. The number of rotatable bonds is 23. The number of hydrogen-bond acceptors (Lipinski definition) is 18. The van der Waals surface area contributed by atoms with Crippen molar-refractivity contribution in [1.29, 1.82) is 0 Å². The monoisotopic (exact) mass is 1260 g/mol. The van der Waals surface area contributed by atoms with Crippen LogP contribution in [0.1, 0.15) is 163 Å². The van der Waals surface area contributed by atoms with Gasteiger partial charge in [0.05, 0.1) is 31.1 Å². The second kappa shape index (κ2) is 35.1. The molecule has 0 spiro atoms. The molecule has 502 valence electrons. The Bertz CT molecular complexity index is 2580. The van der Waals surface area contributed by atoms with E-state index < -0.39 is 62.3 Å². The number of unbranched alkanes of at least 4 members (excludes halogenated alkanes) is 1. The van der Waals surface area contributed by atoms with E-state index in [1.54, 1.807) is 79.4 Å². The first-order chi connectivity index (χ1) is 40.8. The van der Waals surface area contributed by atoms with E-state index in [1.807, 2.05) is 68.1 Å². The number of hydrogen-bond donors (Lipinski definition) is 4. The summed E-state index contributed by atoms with van der Waals surface area (Å²) in [6, 6.07) is -0.993. The molecule has 0 radical (unpaired) electrons. The number of carbonyl (C=O) groups excluding carboxylic acids is 6. The molecule has 1 saturated heterocycles. The van der Waals surface area contributed by atoms with Gasteiger partial charge in [0.15, 0.2) is 0 Å². The van der Waals surface area contributed by atoms with Crippen molar-refractivity contribution in [3.05, 3.63) is 22.3 Å². The second-order valence-electron chi connectivity index (χ2n) is 27.5. The predicted octanol–water partition coefficient (Wildman–Crippen LogP) is 5.06. The van der Waals surface area contributed by atoms with Crippen LogP contribution in [0.3, 0.4) is 0 Å². The van der Waals surface area contributed by atoms with Gasteiger partial charge in [0.2, 0.25) is 23.7 Å². The summed E-state index contributed by atoms with van der Waals surface area (Å²) in [5.74, 6) is -0.652. The lowest BCUT2D eigenvalue weighted by Crippen LogP contribution is -2.52.